The molecule has 0 aliphatic carbocycles. The number of carbonyl (C=O) groups is 1. The van der Waals surface area contributed by atoms with Gasteiger partial charge in [-0.05, 0) is 36.8 Å². The molecule has 0 spiro atoms. The van der Waals surface area contributed by atoms with Gasteiger partial charge in [-0.25, -0.2) is 4.39 Å². The molecule has 0 aliphatic rings. The lowest BCUT2D eigenvalue weighted by Gasteiger charge is -2.10. The summed E-state index contributed by atoms with van der Waals surface area (Å²) in [7, 11) is 0. The third kappa shape index (κ3) is 4.92. The second kappa shape index (κ2) is 8.62. The molecule has 0 saturated heterocycles. The highest BCUT2D eigenvalue weighted by Gasteiger charge is 2.17. The van der Waals surface area contributed by atoms with E-state index in [4.69, 9.17) is 9.15 Å². The van der Waals surface area contributed by atoms with Crippen LogP contribution in [0.1, 0.15) is 18.4 Å². The number of aromatic nitrogens is 2. The van der Waals surface area contributed by atoms with Gasteiger partial charge in [0, 0.05) is 11.3 Å². The van der Waals surface area contributed by atoms with Crippen LogP contribution in [-0.4, -0.2) is 21.4 Å². The van der Waals surface area contributed by atoms with Gasteiger partial charge in [0.2, 0.25) is 5.89 Å². The number of nitrogens with zero attached hydrogens (tertiary/aromatic N) is 2. The average molecular weight is 372 g/mol. The molecule has 0 aliphatic heterocycles. The maximum atomic E-state index is 12.9. The van der Waals surface area contributed by atoms with E-state index in [1.165, 1.54) is 23.9 Å². The van der Waals surface area contributed by atoms with Crippen molar-refractivity contribution in [3.63, 3.8) is 0 Å². The Bertz CT molecular complexity index is 853. The minimum Gasteiger partial charge on any atom is -0.455 e. The van der Waals surface area contributed by atoms with Crippen molar-refractivity contribution in [1.29, 1.82) is 0 Å². The summed E-state index contributed by atoms with van der Waals surface area (Å²) in [6.07, 6.45) is 0. The van der Waals surface area contributed by atoms with Crippen molar-refractivity contribution >= 4 is 17.7 Å². The predicted octanol–water partition coefficient (Wildman–Crippen LogP) is 4.24. The third-order valence-electron chi connectivity index (χ3n) is 3.57. The first kappa shape index (κ1) is 18.1. The first-order valence-corrected chi connectivity index (χ1v) is 9.07. The molecule has 0 saturated carbocycles. The van der Waals surface area contributed by atoms with Crippen molar-refractivity contribution < 1.29 is 18.3 Å². The average Bonchev–Trinajstić information content (AvgIpc) is 3.14. The Labute approximate surface area is 154 Å². The molecule has 3 rings (SSSR count). The molecule has 1 atom stereocenters. The lowest BCUT2D eigenvalue weighted by Crippen LogP contribution is -2.17. The second-order valence-corrected chi connectivity index (χ2v) is 6.88. The first-order valence-electron chi connectivity index (χ1n) is 8.02. The molecule has 2 aromatic carbocycles. The van der Waals surface area contributed by atoms with Crippen molar-refractivity contribution in [2.45, 2.75) is 24.5 Å². The SMILES string of the molecule is CC(SCc1ccccc1)C(=O)OCc1nnc(-c2ccc(F)cc2)o1. The highest BCUT2D eigenvalue weighted by Crippen LogP contribution is 2.20. The van der Waals surface area contributed by atoms with Crippen molar-refractivity contribution in [3.05, 3.63) is 71.9 Å². The second-order valence-electron chi connectivity index (χ2n) is 5.55. The van der Waals surface area contributed by atoms with Crippen LogP contribution in [0.5, 0.6) is 0 Å². The van der Waals surface area contributed by atoms with Gasteiger partial charge in [-0.15, -0.1) is 22.0 Å². The Morgan fingerprint density at radius 2 is 1.88 bits per heavy atom. The van der Waals surface area contributed by atoms with Crippen LogP contribution in [0.4, 0.5) is 4.39 Å². The number of hydrogen-bond acceptors (Lipinski definition) is 6. The molecule has 0 amide bonds. The number of carbonyl (C=O) groups excluding carboxylic acids is 1. The number of thioether (sulfide) groups is 1. The van der Waals surface area contributed by atoms with E-state index in [0.717, 1.165) is 11.3 Å². The molecule has 134 valence electrons. The van der Waals surface area contributed by atoms with Gasteiger partial charge in [-0.2, -0.15) is 0 Å². The summed E-state index contributed by atoms with van der Waals surface area (Å²) in [6, 6.07) is 15.6. The Balaban J connectivity index is 1.49. The van der Waals surface area contributed by atoms with Gasteiger partial charge >= 0.3 is 5.97 Å². The molecule has 0 fully saturated rings. The van der Waals surface area contributed by atoms with Crippen LogP contribution in [0.3, 0.4) is 0 Å². The summed E-state index contributed by atoms with van der Waals surface area (Å²) in [5.74, 6) is 0.490. The van der Waals surface area contributed by atoms with Crippen LogP contribution >= 0.6 is 11.8 Å². The maximum absolute atomic E-state index is 12.9. The topological polar surface area (TPSA) is 65.2 Å². The third-order valence-corrected chi connectivity index (χ3v) is 4.76. The fraction of sp³-hybridized carbons (Fsp3) is 0.211. The van der Waals surface area contributed by atoms with Gasteiger partial charge in [0.1, 0.15) is 5.82 Å². The van der Waals surface area contributed by atoms with Crippen LogP contribution < -0.4 is 0 Å². The fourth-order valence-electron chi connectivity index (χ4n) is 2.13. The summed E-state index contributed by atoms with van der Waals surface area (Å²) in [5.41, 5.74) is 1.75. The summed E-state index contributed by atoms with van der Waals surface area (Å²) < 4.78 is 23.6. The Morgan fingerprint density at radius 1 is 1.15 bits per heavy atom. The molecular formula is C19H17FN2O3S. The monoisotopic (exact) mass is 372 g/mol. The molecule has 1 aromatic heterocycles. The predicted molar refractivity (Wildman–Crippen MR) is 96.7 cm³/mol. The van der Waals surface area contributed by atoms with E-state index < -0.39 is 0 Å². The number of hydrogen-bond donors (Lipinski definition) is 0. The van der Waals surface area contributed by atoms with Crippen LogP contribution in [-0.2, 0) is 21.9 Å². The number of rotatable bonds is 7. The normalized spacial score (nSPS) is 11.9. The van der Waals surface area contributed by atoms with Crippen molar-refractivity contribution in [1.82, 2.24) is 10.2 Å². The molecule has 1 heterocycles. The molecule has 0 bridgehead atoms. The quantitative estimate of drug-likeness (QED) is 0.578. The first-order chi connectivity index (χ1) is 12.6. The number of benzene rings is 2. The zero-order valence-corrected chi connectivity index (χ0v) is 14.9. The zero-order chi connectivity index (χ0) is 18.4. The number of halogens is 1. The van der Waals surface area contributed by atoms with Crippen molar-refractivity contribution in [2.75, 3.05) is 0 Å². The lowest BCUT2D eigenvalue weighted by molar-refractivity contribution is -0.144. The van der Waals surface area contributed by atoms with Gasteiger partial charge in [0.05, 0.1) is 5.25 Å². The largest absolute Gasteiger partial charge is 0.455 e. The smallest absolute Gasteiger partial charge is 0.319 e. The molecule has 0 radical (unpaired) electrons. The van der Waals surface area contributed by atoms with Crippen LogP contribution in [0.15, 0.2) is 59.0 Å². The van der Waals surface area contributed by atoms with E-state index in [0.29, 0.717) is 5.56 Å². The van der Waals surface area contributed by atoms with E-state index in [-0.39, 0.29) is 35.4 Å². The van der Waals surface area contributed by atoms with E-state index in [2.05, 4.69) is 10.2 Å². The Hall–Kier alpha value is -2.67. The summed E-state index contributed by atoms with van der Waals surface area (Å²) in [5, 5.41) is 7.41. The molecule has 5 nitrogen and oxygen atoms in total. The summed E-state index contributed by atoms with van der Waals surface area (Å²) in [6.45, 7) is 1.71. The van der Waals surface area contributed by atoms with Crippen LogP contribution in [0.25, 0.3) is 11.5 Å². The van der Waals surface area contributed by atoms with E-state index in [9.17, 15) is 9.18 Å². The van der Waals surface area contributed by atoms with Gasteiger partial charge in [-0.3, -0.25) is 4.79 Å². The molecule has 26 heavy (non-hydrogen) atoms. The van der Waals surface area contributed by atoms with Crippen LogP contribution in [0, 0.1) is 5.82 Å². The number of esters is 1. The Kier molecular flexibility index (Phi) is 6.01. The Morgan fingerprint density at radius 3 is 2.62 bits per heavy atom. The molecule has 1 unspecified atom stereocenters. The standard InChI is InChI=1S/C19H17FN2O3S/c1-13(26-12-14-5-3-2-4-6-14)19(23)24-11-17-21-22-18(25-17)15-7-9-16(20)10-8-15/h2-10,13H,11-12H2,1H3. The van der Waals surface area contributed by atoms with Gasteiger partial charge in [0.25, 0.3) is 5.89 Å². The molecular weight excluding hydrogens is 355 g/mol. The minimum absolute atomic E-state index is 0.0940. The summed E-state index contributed by atoms with van der Waals surface area (Å²) >= 11 is 1.50. The van der Waals surface area contributed by atoms with E-state index in [1.54, 1.807) is 19.1 Å². The summed E-state index contributed by atoms with van der Waals surface area (Å²) in [4.78, 5) is 12.1. The zero-order valence-electron chi connectivity index (χ0n) is 14.1. The van der Waals surface area contributed by atoms with Crippen LogP contribution in [0.2, 0.25) is 0 Å². The van der Waals surface area contributed by atoms with Crippen molar-refractivity contribution in [3.8, 4) is 11.5 Å². The van der Waals surface area contributed by atoms with Gasteiger partial charge in [0.15, 0.2) is 6.61 Å². The van der Waals surface area contributed by atoms with E-state index in [1.807, 2.05) is 30.3 Å². The van der Waals surface area contributed by atoms with Gasteiger partial charge < -0.3 is 9.15 Å². The lowest BCUT2D eigenvalue weighted by atomic mass is 10.2. The van der Waals surface area contributed by atoms with Crippen molar-refractivity contribution in [2.24, 2.45) is 0 Å². The van der Waals surface area contributed by atoms with E-state index >= 15 is 0 Å². The van der Waals surface area contributed by atoms with Gasteiger partial charge in [-0.1, -0.05) is 30.3 Å². The highest BCUT2D eigenvalue weighted by molar-refractivity contribution is 7.99. The fourth-order valence-corrected chi connectivity index (χ4v) is 2.97. The highest BCUT2D eigenvalue weighted by atomic mass is 32.2. The molecule has 3 aromatic rings. The molecule has 7 heteroatoms. The number of ether oxygens (including phenoxy) is 1. The molecule has 0 N–H and O–H groups in total. The maximum Gasteiger partial charge on any atom is 0.319 e. The minimum atomic E-state index is -0.343.